The molecule has 8 fully saturated rings. The molecule has 4 unspecified atom stereocenters. The Morgan fingerprint density at radius 1 is 0.633 bits per heavy atom. The van der Waals surface area contributed by atoms with Gasteiger partial charge in [-0.1, -0.05) is 26.7 Å². The first-order valence-electron chi connectivity index (χ1n) is 12.7. The zero-order valence-corrected chi connectivity index (χ0v) is 19.2. The molecule has 0 aromatic carbocycles. The van der Waals surface area contributed by atoms with Gasteiger partial charge in [0.05, 0.1) is 11.4 Å². The minimum Gasteiger partial charge on any atom is -0.300 e. The highest BCUT2D eigenvalue weighted by atomic mass is 15.3. The minimum atomic E-state index is 0.254. The maximum Gasteiger partial charge on any atom is 0.0549 e. The molecule has 4 atom stereocenters. The molecule has 6 nitrogen and oxygen atoms in total. The van der Waals surface area contributed by atoms with Gasteiger partial charge in [0.1, 0.15) is 0 Å². The van der Waals surface area contributed by atoms with Crippen molar-refractivity contribution < 1.29 is 0 Å². The zero-order chi connectivity index (χ0) is 20.3. The summed E-state index contributed by atoms with van der Waals surface area (Å²) in [5, 5.41) is 10.5. The average molecular weight is 413 g/mol. The molecule has 8 aliphatic heterocycles. The van der Waals surface area contributed by atoms with Gasteiger partial charge in [-0.2, -0.15) is 10.2 Å². The maximum atomic E-state index is 5.27. The number of hydrogen-bond donors (Lipinski definition) is 0. The molecule has 6 heteroatoms. The van der Waals surface area contributed by atoms with Gasteiger partial charge in [0.15, 0.2) is 0 Å². The number of rotatable bonds is 5. The van der Waals surface area contributed by atoms with E-state index in [4.69, 9.17) is 10.2 Å². The molecule has 30 heavy (non-hydrogen) atoms. The monoisotopic (exact) mass is 412 g/mol. The van der Waals surface area contributed by atoms with Crippen LogP contribution in [0.1, 0.15) is 39.5 Å². The van der Waals surface area contributed by atoms with Gasteiger partial charge in [-0.05, 0) is 12.8 Å². The van der Waals surface area contributed by atoms with Crippen molar-refractivity contribution in [1.29, 1.82) is 0 Å². The van der Waals surface area contributed by atoms with E-state index in [1.807, 2.05) is 0 Å². The van der Waals surface area contributed by atoms with Crippen LogP contribution in [0.25, 0.3) is 0 Å². The van der Waals surface area contributed by atoms with Crippen molar-refractivity contribution >= 4 is 11.4 Å². The van der Waals surface area contributed by atoms with E-state index in [0.29, 0.717) is 11.8 Å². The minimum absolute atomic E-state index is 0.254. The molecule has 0 N–H and O–H groups in total. The van der Waals surface area contributed by atoms with Crippen LogP contribution in [0.15, 0.2) is 10.2 Å². The topological polar surface area (TPSA) is 37.7 Å². The lowest BCUT2D eigenvalue weighted by molar-refractivity contribution is 0.107. The van der Waals surface area contributed by atoms with Crippen LogP contribution in [-0.4, -0.2) is 110 Å². The van der Waals surface area contributed by atoms with E-state index >= 15 is 0 Å². The van der Waals surface area contributed by atoms with Crippen molar-refractivity contribution in [1.82, 2.24) is 19.6 Å². The lowest BCUT2D eigenvalue weighted by Gasteiger charge is -2.51. The fourth-order valence-corrected chi connectivity index (χ4v) is 8.23. The van der Waals surface area contributed by atoms with Crippen LogP contribution >= 0.6 is 0 Å². The van der Waals surface area contributed by atoms with Crippen molar-refractivity contribution in [3.8, 4) is 0 Å². The molecular formula is C24H40N6. The summed E-state index contributed by atoms with van der Waals surface area (Å²) in [6, 6.07) is 0. The Hall–Kier alpha value is -0.820. The first-order chi connectivity index (χ1) is 14.6. The van der Waals surface area contributed by atoms with E-state index in [9.17, 15) is 0 Å². The second kappa shape index (κ2) is 7.36. The molecule has 0 amide bonds. The number of fused-ring (bicyclic) bond motifs is 2. The van der Waals surface area contributed by atoms with Crippen LogP contribution in [0.2, 0.25) is 0 Å². The third kappa shape index (κ3) is 3.05. The number of piperidine rings is 4. The molecule has 0 aromatic heterocycles. The van der Waals surface area contributed by atoms with Crippen molar-refractivity contribution in [3.05, 3.63) is 0 Å². The average Bonchev–Trinajstić information content (AvgIpc) is 3.08. The molecule has 8 bridgehead atoms. The predicted octanol–water partition coefficient (Wildman–Crippen LogP) is 1.88. The van der Waals surface area contributed by atoms with Gasteiger partial charge < -0.3 is 19.6 Å². The summed E-state index contributed by atoms with van der Waals surface area (Å²) in [4.78, 5) is 10.9. The van der Waals surface area contributed by atoms with Crippen LogP contribution < -0.4 is 0 Å². The molecule has 0 aliphatic carbocycles. The van der Waals surface area contributed by atoms with Crippen LogP contribution in [-0.2, 0) is 0 Å². The molecule has 0 aromatic rings. The molecule has 0 radical (unpaired) electrons. The van der Waals surface area contributed by atoms with Gasteiger partial charge in [-0.15, -0.1) is 0 Å². The van der Waals surface area contributed by atoms with Gasteiger partial charge in [-0.25, -0.2) is 0 Å². The summed E-state index contributed by atoms with van der Waals surface area (Å²) in [5.41, 5.74) is 3.46. The first-order valence-corrected chi connectivity index (χ1v) is 12.7. The number of hydrogen-bond acceptors (Lipinski definition) is 6. The van der Waals surface area contributed by atoms with Gasteiger partial charge in [0, 0.05) is 101 Å². The summed E-state index contributed by atoms with van der Waals surface area (Å²) in [5.74, 6) is 1.19. The molecule has 166 valence electrons. The molecule has 0 saturated carbocycles. The summed E-state index contributed by atoms with van der Waals surface area (Å²) in [6.07, 6.45) is 5.03. The molecule has 8 aliphatic rings. The Kier molecular flexibility index (Phi) is 4.87. The SMILES string of the molecule is CCCC12CN3CCN(CC(C3)/C1=N/N=C1/C3CN4CCN(C3)CC1(CCC)C4)C2. The van der Waals surface area contributed by atoms with E-state index in [1.54, 1.807) is 0 Å². The summed E-state index contributed by atoms with van der Waals surface area (Å²) in [7, 11) is 0. The van der Waals surface area contributed by atoms with Gasteiger partial charge in [-0.3, -0.25) is 0 Å². The van der Waals surface area contributed by atoms with Crippen LogP contribution in [0.4, 0.5) is 0 Å². The summed E-state index contributed by atoms with van der Waals surface area (Å²) in [6.45, 7) is 19.4. The normalized spacial score (nSPS) is 51.7. The van der Waals surface area contributed by atoms with Gasteiger partial charge in [0.2, 0.25) is 0 Å². The number of nitrogens with zero attached hydrogens (tertiary/aromatic N) is 6. The van der Waals surface area contributed by atoms with E-state index in [1.165, 1.54) is 116 Å². The smallest absolute Gasteiger partial charge is 0.0549 e. The Labute approximate surface area is 182 Å². The highest BCUT2D eigenvalue weighted by molar-refractivity contribution is 5.98. The largest absolute Gasteiger partial charge is 0.300 e. The standard InChI is InChI=1S/C24H40N6/c1-3-5-23-15-27-7-8-28(16-23)12-19(11-27)21(23)25-26-22-20-13-29-9-10-30(14-20)18-24(22,17-29)6-4-2/h19-20H,3-18H2,1-2H3/b25-21-,26-22-. The third-order valence-corrected chi connectivity index (χ3v) is 9.07. The fraction of sp³-hybridized carbons (Fsp3) is 0.917. The van der Waals surface area contributed by atoms with E-state index < -0.39 is 0 Å². The van der Waals surface area contributed by atoms with Crippen LogP contribution in [0, 0.1) is 22.7 Å². The van der Waals surface area contributed by atoms with Crippen molar-refractivity contribution in [2.45, 2.75) is 39.5 Å². The van der Waals surface area contributed by atoms with Gasteiger partial charge in [0.25, 0.3) is 0 Å². The van der Waals surface area contributed by atoms with Crippen LogP contribution in [0.5, 0.6) is 0 Å². The summed E-state index contributed by atoms with van der Waals surface area (Å²) >= 11 is 0. The molecule has 8 saturated heterocycles. The van der Waals surface area contributed by atoms with E-state index in [2.05, 4.69) is 33.4 Å². The Balaban J connectivity index is 1.39. The highest BCUT2D eigenvalue weighted by Gasteiger charge is 2.53. The molecular weight excluding hydrogens is 372 g/mol. The maximum absolute atomic E-state index is 5.27. The molecule has 8 heterocycles. The molecule has 8 rings (SSSR count). The zero-order valence-electron chi connectivity index (χ0n) is 19.2. The van der Waals surface area contributed by atoms with Crippen molar-refractivity contribution in [2.75, 3.05) is 78.5 Å². The Bertz CT molecular complexity index is 650. The second-order valence-electron chi connectivity index (χ2n) is 11.4. The van der Waals surface area contributed by atoms with E-state index in [0.717, 1.165) is 0 Å². The lowest BCUT2D eigenvalue weighted by atomic mass is 9.67. The van der Waals surface area contributed by atoms with Crippen LogP contribution in [0.3, 0.4) is 0 Å². The van der Waals surface area contributed by atoms with Crippen molar-refractivity contribution in [2.24, 2.45) is 32.9 Å². The Morgan fingerprint density at radius 3 is 1.27 bits per heavy atom. The first kappa shape index (κ1) is 19.8. The predicted molar refractivity (Wildman–Crippen MR) is 122 cm³/mol. The van der Waals surface area contributed by atoms with E-state index in [-0.39, 0.29) is 10.8 Å². The summed E-state index contributed by atoms with van der Waals surface area (Å²) < 4.78 is 0. The fourth-order valence-electron chi connectivity index (χ4n) is 8.23. The van der Waals surface area contributed by atoms with Gasteiger partial charge >= 0.3 is 0 Å². The van der Waals surface area contributed by atoms with Crippen molar-refractivity contribution in [3.63, 3.8) is 0 Å². The Morgan fingerprint density at radius 2 is 0.967 bits per heavy atom. The quantitative estimate of drug-likeness (QED) is 0.646. The molecule has 0 spiro atoms. The lowest BCUT2D eigenvalue weighted by Crippen LogP contribution is -2.62. The highest BCUT2D eigenvalue weighted by Crippen LogP contribution is 2.44. The second-order valence-corrected chi connectivity index (χ2v) is 11.4. The third-order valence-electron chi connectivity index (χ3n) is 9.07.